The second-order valence-electron chi connectivity index (χ2n) is 11.8. The Balaban J connectivity index is 0.00000281. The van der Waals surface area contributed by atoms with Crippen LogP contribution in [0.1, 0.15) is 51.5 Å². The van der Waals surface area contributed by atoms with E-state index < -0.39 is 12.0 Å². The number of nitrogen functional groups attached to an aromatic ring is 1. The Morgan fingerprint density at radius 1 is 0.840 bits per heavy atom. The van der Waals surface area contributed by atoms with Gasteiger partial charge in [0.1, 0.15) is 29.1 Å². The molecule has 2 atom stereocenters. The number of benzene rings is 5. The van der Waals surface area contributed by atoms with Gasteiger partial charge in [-0.15, -0.1) is 24.8 Å². The van der Waals surface area contributed by atoms with Crippen LogP contribution in [-0.4, -0.2) is 32.9 Å². The molecule has 0 amide bonds. The van der Waals surface area contributed by atoms with Crippen molar-refractivity contribution in [2.45, 2.75) is 39.3 Å². The van der Waals surface area contributed by atoms with Gasteiger partial charge in [-0.25, -0.2) is 9.78 Å². The van der Waals surface area contributed by atoms with Crippen LogP contribution < -0.4 is 20.5 Å². The number of anilines is 2. The van der Waals surface area contributed by atoms with Crippen LogP contribution in [0.2, 0.25) is 0 Å². The number of nitrogens with two attached hydrogens (primary N) is 1. The minimum Gasteiger partial charge on any atom is -0.483 e. The van der Waals surface area contributed by atoms with Gasteiger partial charge in [-0.3, -0.25) is 4.79 Å². The maximum atomic E-state index is 13.2. The van der Waals surface area contributed by atoms with Crippen molar-refractivity contribution in [2.75, 3.05) is 11.1 Å². The number of fused-ring (bicyclic) bond motifs is 1. The lowest BCUT2D eigenvalue weighted by atomic mass is 10.00. The average molecular weight is 714 g/mol. The molecule has 0 spiro atoms. The number of hydrogen-bond donors (Lipinski definition) is 4. The number of carbonyl (C=O) groups excluding carboxylic acids is 1. The fourth-order valence-corrected chi connectivity index (χ4v) is 5.53. The van der Waals surface area contributed by atoms with E-state index in [0.29, 0.717) is 39.9 Å². The number of halogens is 2. The number of para-hydroxylation sites is 1. The number of aliphatic carboxylic acids is 1. The number of aryl methyl sites for hydroxylation is 2. The first kappa shape index (κ1) is 37.3. The van der Waals surface area contributed by atoms with Gasteiger partial charge in [0.05, 0.1) is 11.0 Å². The minimum atomic E-state index is -1.02. The lowest BCUT2D eigenvalue weighted by molar-refractivity contribution is -0.137. The summed E-state index contributed by atoms with van der Waals surface area (Å²) < 4.78 is 12.3. The van der Waals surface area contributed by atoms with Crippen molar-refractivity contribution in [3.8, 4) is 17.2 Å². The van der Waals surface area contributed by atoms with E-state index in [1.807, 2.05) is 81.4 Å². The first-order chi connectivity index (χ1) is 23.1. The number of ketones is 1. The molecule has 6 aromatic rings. The SMILES string of the molecule is Cc1cc(Oc2ccc3nc(C(C)Oc4ccc(C[C@H](Nc5ccccc5C(=O)c5ccccc5)C(=O)O)cc4)[nH]c3c2)cc(C)c1N.Cl.Cl. The third-order valence-corrected chi connectivity index (χ3v) is 8.17. The number of ether oxygens (including phenoxy) is 2. The molecule has 0 fully saturated rings. The standard InChI is InChI=1S/C39H36N4O5.2ClH/c1-23-19-30(20-24(2)36(23)40)48-29-17-18-33-34(22-29)43-38(42-33)25(3)47-28-15-13-26(14-16-28)21-35(39(45)46)41-32-12-8-7-11-31(32)37(44)27-9-5-4-6-10-27;;/h4-20,22,25,35,41H,21,40H2,1-3H3,(H,42,43)(H,45,46);2*1H/t25?,35-;;/m0../s1. The Bertz CT molecular complexity index is 2080. The van der Waals surface area contributed by atoms with E-state index in [1.54, 1.807) is 48.5 Å². The molecule has 1 unspecified atom stereocenters. The number of carbonyl (C=O) groups is 2. The summed E-state index contributed by atoms with van der Waals surface area (Å²) in [6.45, 7) is 5.82. The summed E-state index contributed by atoms with van der Waals surface area (Å²) >= 11 is 0. The van der Waals surface area contributed by atoms with Gasteiger partial charge in [-0.05, 0) is 86.0 Å². The van der Waals surface area contributed by atoms with Gasteiger partial charge in [0.25, 0.3) is 0 Å². The number of imidazole rings is 1. The Kier molecular flexibility index (Phi) is 12.1. The first-order valence-corrected chi connectivity index (χ1v) is 15.6. The fraction of sp³-hybridized carbons (Fsp3) is 0.154. The average Bonchev–Trinajstić information content (AvgIpc) is 3.52. The van der Waals surface area contributed by atoms with Crippen LogP contribution in [0.5, 0.6) is 17.2 Å². The minimum absolute atomic E-state index is 0. The van der Waals surface area contributed by atoms with E-state index in [-0.39, 0.29) is 43.1 Å². The molecule has 0 saturated heterocycles. The molecule has 11 heteroatoms. The third kappa shape index (κ3) is 8.55. The molecule has 0 aliphatic heterocycles. The van der Waals surface area contributed by atoms with Gasteiger partial charge < -0.3 is 30.6 Å². The topological polar surface area (TPSA) is 140 Å². The van der Waals surface area contributed by atoms with E-state index in [4.69, 9.17) is 20.2 Å². The Morgan fingerprint density at radius 3 is 2.16 bits per heavy atom. The highest BCUT2D eigenvalue weighted by atomic mass is 35.5. The van der Waals surface area contributed by atoms with Crippen molar-refractivity contribution in [2.24, 2.45) is 0 Å². The van der Waals surface area contributed by atoms with Gasteiger partial charge in [-0.2, -0.15) is 0 Å². The summed E-state index contributed by atoms with van der Waals surface area (Å²) in [7, 11) is 0. The highest BCUT2D eigenvalue weighted by Gasteiger charge is 2.22. The zero-order chi connectivity index (χ0) is 33.8. The number of nitrogens with zero attached hydrogens (tertiary/aromatic N) is 1. The van der Waals surface area contributed by atoms with Crippen molar-refractivity contribution in [1.29, 1.82) is 0 Å². The van der Waals surface area contributed by atoms with E-state index in [2.05, 4.69) is 10.3 Å². The van der Waals surface area contributed by atoms with Crippen LogP contribution >= 0.6 is 24.8 Å². The maximum absolute atomic E-state index is 13.2. The van der Waals surface area contributed by atoms with E-state index in [1.165, 1.54) is 0 Å². The summed E-state index contributed by atoms with van der Waals surface area (Å²) in [5, 5.41) is 13.1. The molecule has 9 nitrogen and oxygen atoms in total. The normalized spacial score (nSPS) is 11.8. The highest BCUT2D eigenvalue weighted by Crippen LogP contribution is 2.30. The lowest BCUT2D eigenvalue weighted by Crippen LogP contribution is -2.32. The number of carboxylic acids is 1. The zero-order valence-corrected chi connectivity index (χ0v) is 29.3. The van der Waals surface area contributed by atoms with E-state index >= 15 is 0 Å². The molecule has 1 aromatic heterocycles. The molecule has 0 aliphatic carbocycles. The lowest BCUT2D eigenvalue weighted by Gasteiger charge is -2.19. The summed E-state index contributed by atoms with van der Waals surface area (Å²) in [6.07, 6.45) is -0.190. The van der Waals surface area contributed by atoms with Crippen LogP contribution in [0.15, 0.2) is 109 Å². The van der Waals surface area contributed by atoms with Crippen molar-refractivity contribution in [1.82, 2.24) is 9.97 Å². The van der Waals surface area contributed by atoms with Crippen LogP contribution in [0.3, 0.4) is 0 Å². The summed E-state index contributed by atoms with van der Waals surface area (Å²) in [4.78, 5) is 33.4. The summed E-state index contributed by atoms with van der Waals surface area (Å²) in [5.41, 5.74) is 12.6. The molecule has 50 heavy (non-hydrogen) atoms. The zero-order valence-electron chi connectivity index (χ0n) is 27.7. The maximum Gasteiger partial charge on any atom is 0.326 e. The molecule has 5 aromatic carbocycles. The van der Waals surface area contributed by atoms with Crippen molar-refractivity contribution >= 4 is 59.0 Å². The molecule has 258 valence electrons. The number of aromatic nitrogens is 2. The van der Waals surface area contributed by atoms with Gasteiger partial charge in [0, 0.05) is 35.0 Å². The molecular weight excluding hydrogens is 675 g/mol. The van der Waals surface area contributed by atoms with Crippen LogP contribution in [-0.2, 0) is 11.2 Å². The van der Waals surface area contributed by atoms with E-state index in [9.17, 15) is 14.7 Å². The molecule has 0 bridgehead atoms. The number of nitrogens with one attached hydrogen (secondary N) is 2. The van der Waals surface area contributed by atoms with Crippen LogP contribution in [0, 0.1) is 13.8 Å². The summed E-state index contributed by atoms with van der Waals surface area (Å²) in [5.74, 6) is 1.45. The summed E-state index contributed by atoms with van der Waals surface area (Å²) in [6, 6.07) is 31.7. The molecule has 0 radical (unpaired) electrons. The van der Waals surface area contributed by atoms with Crippen molar-refractivity contribution < 1.29 is 24.2 Å². The molecular formula is C39H38Cl2N4O5. The first-order valence-electron chi connectivity index (χ1n) is 15.6. The second kappa shape index (κ2) is 16.3. The quantitative estimate of drug-likeness (QED) is 0.0729. The predicted molar refractivity (Wildman–Crippen MR) is 202 cm³/mol. The van der Waals surface area contributed by atoms with Gasteiger partial charge in [-0.1, -0.05) is 54.6 Å². The molecule has 0 aliphatic rings. The van der Waals surface area contributed by atoms with Crippen LogP contribution in [0.25, 0.3) is 11.0 Å². The Hall–Kier alpha value is -5.51. The highest BCUT2D eigenvalue weighted by molar-refractivity contribution is 6.12. The van der Waals surface area contributed by atoms with Crippen LogP contribution in [0.4, 0.5) is 11.4 Å². The van der Waals surface area contributed by atoms with E-state index in [0.717, 1.165) is 33.4 Å². The smallest absolute Gasteiger partial charge is 0.326 e. The number of hydrogen-bond acceptors (Lipinski definition) is 7. The van der Waals surface area contributed by atoms with Gasteiger partial charge in [0.2, 0.25) is 0 Å². The molecule has 6 rings (SSSR count). The Labute approximate surface area is 302 Å². The second-order valence-corrected chi connectivity index (χ2v) is 11.8. The Morgan fingerprint density at radius 2 is 1.48 bits per heavy atom. The largest absolute Gasteiger partial charge is 0.483 e. The number of carboxylic acid groups (broad SMARTS) is 1. The fourth-order valence-electron chi connectivity index (χ4n) is 5.53. The number of rotatable bonds is 12. The third-order valence-electron chi connectivity index (χ3n) is 8.17. The van der Waals surface area contributed by atoms with Gasteiger partial charge in [0.15, 0.2) is 11.9 Å². The van der Waals surface area contributed by atoms with Gasteiger partial charge >= 0.3 is 5.97 Å². The predicted octanol–water partition coefficient (Wildman–Crippen LogP) is 8.88. The molecule has 1 heterocycles. The molecule has 5 N–H and O–H groups in total. The number of aromatic amines is 1. The molecule has 0 saturated carbocycles. The van der Waals surface area contributed by atoms with Crippen molar-refractivity contribution in [3.05, 3.63) is 143 Å². The van der Waals surface area contributed by atoms with Crippen molar-refractivity contribution in [3.63, 3.8) is 0 Å². The number of H-pyrrole nitrogens is 1. The monoisotopic (exact) mass is 712 g/mol.